The van der Waals surface area contributed by atoms with Crippen LogP contribution < -0.4 is 4.90 Å². The van der Waals surface area contributed by atoms with Gasteiger partial charge >= 0.3 is 5.97 Å². The van der Waals surface area contributed by atoms with Gasteiger partial charge in [0, 0.05) is 18.3 Å². The number of anilines is 1. The Bertz CT molecular complexity index is 514. The third kappa shape index (κ3) is 2.66. The monoisotopic (exact) mass is 287 g/mol. The van der Waals surface area contributed by atoms with Crippen molar-refractivity contribution in [1.82, 2.24) is 0 Å². The average molecular weight is 287 g/mol. The Morgan fingerprint density at radius 2 is 2.00 bits per heavy atom. The maximum atomic E-state index is 11.5. The molecule has 1 N–H and O–H groups in total. The van der Waals surface area contributed by atoms with Gasteiger partial charge in [0.05, 0.1) is 5.92 Å². The van der Waals surface area contributed by atoms with Crippen molar-refractivity contribution in [1.29, 1.82) is 0 Å². The van der Waals surface area contributed by atoms with Gasteiger partial charge < -0.3 is 10.0 Å². The van der Waals surface area contributed by atoms with Crippen LogP contribution in [0.2, 0.25) is 0 Å². The van der Waals surface area contributed by atoms with E-state index in [0.29, 0.717) is 6.04 Å². The van der Waals surface area contributed by atoms with Crippen LogP contribution in [0.4, 0.5) is 5.69 Å². The second kappa shape index (κ2) is 6.08. The zero-order chi connectivity index (χ0) is 14.8. The number of carboxylic acids is 1. The molecule has 1 aliphatic heterocycles. The second-order valence-corrected chi connectivity index (χ2v) is 6.45. The fraction of sp³-hybridized carbons (Fsp3) is 0.611. The van der Waals surface area contributed by atoms with Gasteiger partial charge in [0.25, 0.3) is 0 Å². The number of hydrogen-bond donors (Lipinski definition) is 1. The highest BCUT2D eigenvalue weighted by Gasteiger charge is 2.35. The third-order valence-corrected chi connectivity index (χ3v) is 5.37. The van der Waals surface area contributed by atoms with E-state index < -0.39 is 5.97 Å². The third-order valence-electron chi connectivity index (χ3n) is 5.37. The zero-order valence-electron chi connectivity index (χ0n) is 12.8. The van der Waals surface area contributed by atoms with Crippen LogP contribution in [0.25, 0.3) is 0 Å². The molecule has 1 saturated carbocycles. The van der Waals surface area contributed by atoms with Crippen molar-refractivity contribution >= 4 is 11.7 Å². The van der Waals surface area contributed by atoms with Gasteiger partial charge in [-0.05, 0) is 36.8 Å². The molecule has 3 rings (SSSR count). The molecule has 0 aromatic heterocycles. The van der Waals surface area contributed by atoms with Gasteiger partial charge in [-0.25, -0.2) is 0 Å². The SMILES string of the molecule is CCC1CCCCC1N1CCC(C(=O)O)c2ccccc21. The average Bonchev–Trinajstić information content (AvgIpc) is 2.53. The molecule has 0 saturated heterocycles. The summed E-state index contributed by atoms with van der Waals surface area (Å²) in [6.07, 6.45) is 7.20. The highest BCUT2D eigenvalue weighted by atomic mass is 16.4. The predicted octanol–water partition coefficient (Wildman–Crippen LogP) is 4.03. The fourth-order valence-corrected chi connectivity index (χ4v) is 4.26. The molecule has 0 bridgehead atoms. The molecule has 114 valence electrons. The van der Waals surface area contributed by atoms with Crippen LogP contribution >= 0.6 is 0 Å². The van der Waals surface area contributed by atoms with Crippen LogP contribution in [0.5, 0.6) is 0 Å². The molecule has 0 radical (unpaired) electrons. The highest BCUT2D eigenvalue weighted by Crippen LogP contribution is 2.41. The number of benzene rings is 1. The molecule has 1 heterocycles. The smallest absolute Gasteiger partial charge is 0.311 e. The molecule has 1 aromatic carbocycles. The second-order valence-electron chi connectivity index (χ2n) is 6.45. The summed E-state index contributed by atoms with van der Waals surface area (Å²) in [6.45, 7) is 3.17. The number of nitrogens with zero attached hydrogens (tertiary/aromatic N) is 1. The first-order chi connectivity index (χ1) is 10.2. The molecule has 3 heteroatoms. The van der Waals surface area contributed by atoms with E-state index in [-0.39, 0.29) is 5.92 Å². The Hall–Kier alpha value is -1.51. The Morgan fingerprint density at radius 3 is 2.76 bits per heavy atom. The quantitative estimate of drug-likeness (QED) is 0.912. The molecule has 3 atom stereocenters. The van der Waals surface area contributed by atoms with E-state index in [1.807, 2.05) is 18.2 Å². The lowest BCUT2D eigenvalue weighted by atomic mass is 9.79. The number of fused-ring (bicyclic) bond motifs is 1. The predicted molar refractivity (Wildman–Crippen MR) is 84.8 cm³/mol. The maximum Gasteiger partial charge on any atom is 0.311 e. The highest BCUT2D eigenvalue weighted by molar-refractivity contribution is 5.80. The molecule has 21 heavy (non-hydrogen) atoms. The van der Waals surface area contributed by atoms with Gasteiger partial charge in [0.2, 0.25) is 0 Å². The summed E-state index contributed by atoms with van der Waals surface area (Å²) < 4.78 is 0. The Morgan fingerprint density at radius 1 is 1.24 bits per heavy atom. The van der Waals surface area contributed by atoms with Crippen LogP contribution in [0, 0.1) is 5.92 Å². The molecule has 1 fully saturated rings. The van der Waals surface area contributed by atoms with Crippen molar-refractivity contribution in [3.63, 3.8) is 0 Å². The van der Waals surface area contributed by atoms with Crippen molar-refractivity contribution in [3.05, 3.63) is 29.8 Å². The molecule has 0 amide bonds. The van der Waals surface area contributed by atoms with Crippen LogP contribution in [-0.2, 0) is 4.79 Å². The van der Waals surface area contributed by atoms with Gasteiger partial charge in [-0.1, -0.05) is 44.4 Å². The van der Waals surface area contributed by atoms with Gasteiger partial charge in [0.15, 0.2) is 0 Å². The molecule has 3 nitrogen and oxygen atoms in total. The molecule has 2 aliphatic rings. The lowest BCUT2D eigenvalue weighted by Crippen LogP contribution is -2.46. The van der Waals surface area contributed by atoms with Gasteiger partial charge in [-0.3, -0.25) is 4.79 Å². The number of rotatable bonds is 3. The minimum absolute atomic E-state index is 0.332. The zero-order valence-corrected chi connectivity index (χ0v) is 12.8. The van der Waals surface area contributed by atoms with E-state index in [9.17, 15) is 9.90 Å². The van der Waals surface area contributed by atoms with E-state index in [1.165, 1.54) is 37.8 Å². The van der Waals surface area contributed by atoms with E-state index in [0.717, 1.165) is 24.4 Å². The van der Waals surface area contributed by atoms with Crippen molar-refractivity contribution in [2.24, 2.45) is 5.92 Å². The Labute approximate surface area is 127 Å². The van der Waals surface area contributed by atoms with E-state index >= 15 is 0 Å². The number of hydrogen-bond acceptors (Lipinski definition) is 2. The number of aliphatic carboxylic acids is 1. The number of carbonyl (C=O) groups is 1. The van der Waals surface area contributed by atoms with Gasteiger partial charge in [0.1, 0.15) is 0 Å². The Kier molecular flexibility index (Phi) is 4.18. The van der Waals surface area contributed by atoms with Gasteiger partial charge in [-0.2, -0.15) is 0 Å². The summed E-state index contributed by atoms with van der Waals surface area (Å²) in [6, 6.07) is 8.73. The van der Waals surface area contributed by atoms with Crippen LogP contribution in [0.1, 0.15) is 56.9 Å². The van der Waals surface area contributed by atoms with Crippen molar-refractivity contribution in [2.75, 3.05) is 11.4 Å². The first-order valence-corrected chi connectivity index (χ1v) is 8.30. The fourth-order valence-electron chi connectivity index (χ4n) is 4.26. The van der Waals surface area contributed by atoms with Crippen molar-refractivity contribution in [2.45, 2.75) is 57.4 Å². The molecular formula is C18H25NO2. The minimum atomic E-state index is -0.683. The molecule has 1 aliphatic carbocycles. The normalized spacial score (nSPS) is 29.0. The standard InChI is InChI=1S/C18H25NO2/c1-2-13-7-3-5-9-16(13)19-12-11-15(18(20)21)14-8-4-6-10-17(14)19/h4,6,8,10,13,15-16H,2-3,5,7,9,11-12H2,1H3,(H,20,21). The minimum Gasteiger partial charge on any atom is -0.481 e. The summed E-state index contributed by atoms with van der Waals surface area (Å²) in [5.41, 5.74) is 2.18. The summed E-state index contributed by atoms with van der Waals surface area (Å²) in [4.78, 5) is 14.0. The Balaban J connectivity index is 1.93. The van der Waals surface area contributed by atoms with Crippen molar-refractivity contribution in [3.8, 4) is 0 Å². The number of carboxylic acid groups (broad SMARTS) is 1. The van der Waals surface area contributed by atoms with E-state index in [1.54, 1.807) is 0 Å². The lowest BCUT2D eigenvalue weighted by molar-refractivity contribution is -0.139. The summed E-state index contributed by atoms with van der Waals surface area (Å²) in [5, 5.41) is 9.46. The van der Waals surface area contributed by atoms with E-state index in [4.69, 9.17) is 0 Å². The summed E-state index contributed by atoms with van der Waals surface area (Å²) in [7, 11) is 0. The van der Waals surface area contributed by atoms with E-state index in [2.05, 4.69) is 17.9 Å². The maximum absolute atomic E-state index is 11.5. The summed E-state index contributed by atoms with van der Waals surface area (Å²) in [5.74, 6) is -0.257. The number of para-hydroxylation sites is 1. The molecule has 3 unspecified atom stereocenters. The molecule has 1 aromatic rings. The molecular weight excluding hydrogens is 262 g/mol. The van der Waals surface area contributed by atoms with Crippen molar-refractivity contribution < 1.29 is 9.90 Å². The van der Waals surface area contributed by atoms with Gasteiger partial charge in [-0.15, -0.1) is 0 Å². The largest absolute Gasteiger partial charge is 0.481 e. The molecule has 0 spiro atoms. The van der Waals surface area contributed by atoms with Crippen LogP contribution in [-0.4, -0.2) is 23.7 Å². The topological polar surface area (TPSA) is 40.5 Å². The van der Waals surface area contributed by atoms with Crippen LogP contribution in [0.3, 0.4) is 0 Å². The summed E-state index contributed by atoms with van der Waals surface area (Å²) >= 11 is 0. The first kappa shape index (κ1) is 14.4. The lowest BCUT2D eigenvalue weighted by Gasteiger charge is -2.45. The van der Waals surface area contributed by atoms with Crippen LogP contribution in [0.15, 0.2) is 24.3 Å². The first-order valence-electron chi connectivity index (χ1n) is 8.30.